The maximum atomic E-state index is 12.3. The Morgan fingerprint density at radius 1 is 0.971 bits per heavy atom. The van der Waals surface area contributed by atoms with Gasteiger partial charge in [0.1, 0.15) is 5.01 Å². The van der Waals surface area contributed by atoms with Gasteiger partial charge in [-0.05, 0) is 65.4 Å². The van der Waals surface area contributed by atoms with Crippen LogP contribution in [0.1, 0.15) is 54.8 Å². The molecule has 0 bridgehead atoms. The highest BCUT2D eigenvalue weighted by Gasteiger charge is 2.17. The van der Waals surface area contributed by atoms with Crippen molar-refractivity contribution in [2.45, 2.75) is 13.3 Å². The van der Waals surface area contributed by atoms with Crippen LogP contribution in [-0.4, -0.2) is 64.6 Å². The summed E-state index contributed by atoms with van der Waals surface area (Å²) in [5, 5.41) is 20.5. The first-order valence-electron chi connectivity index (χ1n) is 10.2. The van der Waals surface area contributed by atoms with E-state index in [1.54, 1.807) is 30.3 Å². The molecule has 3 rings (SSSR count). The predicted molar refractivity (Wildman–Crippen MR) is 139 cm³/mol. The molecule has 0 atom stereocenters. The number of esters is 1. The van der Waals surface area contributed by atoms with Gasteiger partial charge in [-0.25, -0.2) is 19.4 Å². The van der Waals surface area contributed by atoms with Crippen molar-refractivity contribution in [2.75, 3.05) is 20.7 Å². The van der Waals surface area contributed by atoms with E-state index in [0.717, 1.165) is 6.42 Å². The lowest BCUT2D eigenvalue weighted by Gasteiger charge is -2.16. The van der Waals surface area contributed by atoms with Crippen LogP contribution >= 0.6 is 33.9 Å². The third-order valence-corrected chi connectivity index (χ3v) is 6.02. The number of aromatic carboxylic acids is 2. The Kier molecular flexibility index (Phi) is 10.3. The number of rotatable bonds is 7. The van der Waals surface area contributed by atoms with Crippen LogP contribution in [0.3, 0.4) is 0 Å². The highest BCUT2D eigenvalue weighted by atomic mass is 127. The second-order valence-corrected chi connectivity index (χ2v) is 9.33. The van der Waals surface area contributed by atoms with Crippen molar-refractivity contribution >= 4 is 57.7 Å². The number of halogens is 1. The van der Waals surface area contributed by atoms with Crippen molar-refractivity contribution in [3.63, 3.8) is 0 Å². The van der Waals surface area contributed by atoms with E-state index < -0.39 is 17.9 Å². The van der Waals surface area contributed by atoms with Gasteiger partial charge in [0.15, 0.2) is 0 Å². The molecule has 0 spiro atoms. The van der Waals surface area contributed by atoms with Crippen molar-refractivity contribution in [2.24, 2.45) is 0 Å². The second-order valence-electron chi connectivity index (χ2n) is 7.19. The summed E-state index contributed by atoms with van der Waals surface area (Å²) in [7, 11) is 2.96. The maximum Gasteiger partial charge on any atom is 0.337 e. The normalized spacial score (nSPS) is 10.1. The molecule has 2 aromatic carbocycles. The molecule has 184 valence electrons. The molecule has 2 N–H and O–H groups in total. The van der Waals surface area contributed by atoms with Gasteiger partial charge < -0.3 is 19.8 Å². The van der Waals surface area contributed by atoms with Crippen LogP contribution in [0.4, 0.5) is 0 Å². The fourth-order valence-electron chi connectivity index (χ4n) is 2.97. The standard InChI is InChI=1S/C15H16N2O3S.C9H7IO4/c1-3-5-17(2)14(18)11-7-10(13-16-4-6-21-13)8-12(9-11)15(19)20;1-14-9(13)6-2-5(8(11)12)3-7(10)4-6/h4,6-9H,3,5H2,1-2H3,(H,19,20);2-4H,1H3,(H,11,12). The highest BCUT2D eigenvalue weighted by molar-refractivity contribution is 14.1. The summed E-state index contributed by atoms with van der Waals surface area (Å²) in [4.78, 5) is 51.1. The lowest BCUT2D eigenvalue weighted by molar-refractivity contribution is 0.0599. The average Bonchev–Trinajstić information content (AvgIpc) is 3.38. The summed E-state index contributed by atoms with van der Waals surface area (Å²) in [5.74, 6) is -2.84. The first-order valence-corrected chi connectivity index (χ1v) is 12.2. The molecule has 1 aromatic heterocycles. The van der Waals surface area contributed by atoms with E-state index in [0.29, 0.717) is 26.2 Å². The number of benzene rings is 2. The smallest absolute Gasteiger partial charge is 0.337 e. The predicted octanol–water partition coefficient (Wildman–Crippen LogP) is 4.77. The molecular formula is C24H23IN2O7S. The first kappa shape index (κ1) is 27.9. The molecule has 11 heteroatoms. The fraction of sp³-hybridized carbons (Fsp3) is 0.208. The van der Waals surface area contributed by atoms with Gasteiger partial charge in [0.25, 0.3) is 5.91 Å². The summed E-state index contributed by atoms with van der Waals surface area (Å²) < 4.78 is 5.17. The number of aromatic nitrogens is 1. The Labute approximate surface area is 219 Å². The minimum absolute atomic E-state index is 0.0808. The number of amides is 1. The fourth-order valence-corrected chi connectivity index (χ4v) is 4.27. The lowest BCUT2D eigenvalue weighted by Crippen LogP contribution is -2.27. The second kappa shape index (κ2) is 13.0. The number of nitrogens with zero attached hydrogens (tertiary/aromatic N) is 2. The number of methoxy groups -OCH3 is 1. The number of carboxylic acid groups (broad SMARTS) is 2. The van der Waals surface area contributed by atoms with Gasteiger partial charge in [-0.3, -0.25) is 4.79 Å². The van der Waals surface area contributed by atoms with E-state index in [1.807, 2.05) is 34.9 Å². The molecule has 0 saturated heterocycles. The van der Waals surface area contributed by atoms with Crippen molar-refractivity contribution in [3.8, 4) is 10.6 Å². The Balaban J connectivity index is 0.000000269. The summed E-state index contributed by atoms with van der Waals surface area (Å²) in [6.07, 6.45) is 2.50. The van der Waals surface area contributed by atoms with Crippen LogP contribution in [0.2, 0.25) is 0 Å². The van der Waals surface area contributed by atoms with Crippen LogP contribution < -0.4 is 0 Å². The summed E-state index contributed by atoms with van der Waals surface area (Å²) in [6, 6.07) is 8.98. The van der Waals surface area contributed by atoms with Crippen LogP contribution in [0, 0.1) is 3.57 Å². The summed E-state index contributed by atoms with van der Waals surface area (Å²) >= 11 is 3.35. The van der Waals surface area contributed by atoms with E-state index in [-0.39, 0.29) is 22.6 Å². The Morgan fingerprint density at radius 3 is 2.09 bits per heavy atom. The van der Waals surface area contributed by atoms with Gasteiger partial charge >= 0.3 is 17.9 Å². The van der Waals surface area contributed by atoms with E-state index in [4.69, 9.17) is 5.11 Å². The van der Waals surface area contributed by atoms with Gasteiger partial charge in [-0.1, -0.05) is 6.92 Å². The molecule has 3 aromatic rings. The van der Waals surface area contributed by atoms with Crippen LogP contribution in [0.15, 0.2) is 48.0 Å². The third kappa shape index (κ3) is 7.86. The van der Waals surface area contributed by atoms with E-state index in [2.05, 4.69) is 9.72 Å². The van der Waals surface area contributed by atoms with Crippen LogP contribution in [0.25, 0.3) is 10.6 Å². The molecule has 9 nitrogen and oxygen atoms in total. The van der Waals surface area contributed by atoms with Crippen molar-refractivity contribution in [1.29, 1.82) is 0 Å². The molecule has 0 saturated carbocycles. The van der Waals surface area contributed by atoms with Crippen molar-refractivity contribution < 1.29 is 34.1 Å². The number of thiazole rings is 1. The molecule has 0 aliphatic heterocycles. The summed E-state index contributed by atoms with van der Waals surface area (Å²) in [5.41, 5.74) is 1.44. The van der Waals surface area contributed by atoms with Gasteiger partial charge in [0.2, 0.25) is 0 Å². The van der Waals surface area contributed by atoms with Gasteiger partial charge in [-0.2, -0.15) is 0 Å². The zero-order valence-electron chi connectivity index (χ0n) is 19.1. The zero-order valence-corrected chi connectivity index (χ0v) is 22.1. The first-order chi connectivity index (χ1) is 16.6. The Hall–Kier alpha value is -3.32. The molecule has 1 amide bonds. The van der Waals surface area contributed by atoms with E-state index >= 15 is 0 Å². The molecule has 0 aliphatic rings. The quantitative estimate of drug-likeness (QED) is 0.289. The minimum Gasteiger partial charge on any atom is -0.478 e. The molecule has 0 aliphatic carbocycles. The summed E-state index contributed by atoms with van der Waals surface area (Å²) in [6.45, 7) is 2.61. The SMILES string of the molecule is CCCN(C)C(=O)c1cc(C(=O)O)cc(-c2nccs2)c1.COC(=O)c1cc(I)cc(C(=O)O)c1. The van der Waals surface area contributed by atoms with Crippen LogP contribution in [0.5, 0.6) is 0 Å². The molecular weight excluding hydrogens is 587 g/mol. The zero-order chi connectivity index (χ0) is 26.1. The number of ether oxygens (including phenoxy) is 1. The molecule has 0 radical (unpaired) electrons. The number of carboxylic acids is 2. The topological polar surface area (TPSA) is 134 Å². The van der Waals surface area contributed by atoms with Gasteiger partial charge in [-0.15, -0.1) is 11.3 Å². The molecule has 35 heavy (non-hydrogen) atoms. The number of hydrogen-bond donors (Lipinski definition) is 2. The monoisotopic (exact) mass is 610 g/mol. The minimum atomic E-state index is -1.06. The maximum absolute atomic E-state index is 12.3. The molecule has 1 heterocycles. The number of carbonyl (C=O) groups is 4. The molecule has 0 unspecified atom stereocenters. The van der Waals surface area contributed by atoms with E-state index in [1.165, 1.54) is 42.7 Å². The van der Waals surface area contributed by atoms with Crippen molar-refractivity contribution in [3.05, 3.63) is 73.8 Å². The largest absolute Gasteiger partial charge is 0.478 e. The Bertz CT molecular complexity index is 1230. The highest BCUT2D eigenvalue weighted by Crippen LogP contribution is 2.25. The lowest BCUT2D eigenvalue weighted by atomic mass is 10.0. The van der Waals surface area contributed by atoms with E-state index in [9.17, 15) is 24.3 Å². The van der Waals surface area contributed by atoms with Gasteiger partial charge in [0.05, 0.1) is 23.8 Å². The number of hydrogen-bond acceptors (Lipinski definition) is 7. The Morgan fingerprint density at radius 2 is 1.54 bits per heavy atom. The van der Waals surface area contributed by atoms with Crippen molar-refractivity contribution in [1.82, 2.24) is 9.88 Å². The third-order valence-electron chi connectivity index (χ3n) is 4.58. The van der Waals surface area contributed by atoms with Crippen LogP contribution in [-0.2, 0) is 4.74 Å². The van der Waals surface area contributed by atoms with Gasteiger partial charge in [0, 0.05) is 39.9 Å². The number of carbonyl (C=O) groups excluding carboxylic acids is 2. The average molecular weight is 610 g/mol. The molecule has 0 fully saturated rings.